The number of carbonyl (C=O) groups is 2. The highest BCUT2D eigenvalue weighted by Gasteiger charge is 2.09. The Kier molecular flexibility index (Phi) is 5.02. The lowest BCUT2D eigenvalue weighted by Crippen LogP contribution is -2.17. The van der Waals surface area contributed by atoms with Crippen LogP contribution in [0.15, 0.2) is 42.5 Å². The predicted molar refractivity (Wildman–Crippen MR) is 100 cm³/mol. The monoisotopic (exact) mass is 351 g/mol. The van der Waals surface area contributed by atoms with Crippen LogP contribution in [0, 0.1) is 5.92 Å². The average molecular weight is 351 g/mol. The topological polar surface area (TPSA) is 95.1 Å². The minimum atomic E-state index is -0.951. The summed E-state index contributed by atoms with van der Waals surface area (Å²) in [7, 11) is 0. The van der Waals surface area contributed by atoms with Crippen molar-refractivity contribution < 1.29 is 14.7 Å². The van der Waals surface area contributed by atoms with Crippen LogP contribution in [0.3, 0.4) is 0 Å². The van der Waals surface area contributed by atoms with Gasteiger partial charge in [-0.3, -0.25) is 4.79 Å². The van der Waals surface area contributed by atoms with E-state index in [0.717, 1.165) is 41.0 Å². The highest BCUT2D eigenvalue weighted by molar-refractivity contribution is 5.92. The second-order valence-electron chi connectivity index (χ2n) is 6.56. The first-order chi connectivity index (χ1) is 12.4. The molecule has 1 amide bonds. The smallest absolute Gasteiger partial charge is 0.335 e. The first-order valence-corrected chi connectivity index (χ1v) is 8.54. The van der Waals surface area contributed by atoms with E-state index in [1.165, 1.54) is 0 Å². The summed E-state index contributed by atoms with van der Waals surface area (Å²) in [5.74, 6) is -0.183. The molecular formula is C20H21N3O3. The number of H-pyrrole nitrogens is 1. The van der Waals surface area contributed by atoms with Gasteiger partial charge in [0.1, 0.15) is 5.82 Å². The Labute approximate surface area is 151 Å². The first kappa shape index (κ1) is 17.7. The van der Waals surface area contributed by atoms with E-state index in [1.54, 1.807) is 18.2 Å². The van der Waals surface area contributed by atoms with Crippen LogP contribution < -0.4 is 5.32 Å². The number of aryl methyl sites for hydroxylation is 2. The van der Waals surface area contributed by atoms with Crippen molar-refractivity contribution in [1.82, 2.24) is 9.97 Å². The number of imidazole rings is 1. The number of aromatic amines is 1. The minimum Gasteiger partial charge on any atom is -0.478 e. The lowest BCUT2D eigenvalue weighted by molar-refractivity contribution is -0.118. The number of carboxylic acid groups (broad SMARTS) is 1. The maximum absolute atomic E-state index is 11.7. The number of carbonyl (C=O) groups excluding carboxylic acids is 1. The van der Waals surface area contributed by atoms with Gasteiger partial charge in [0.2, 0.25) is 5.91 Å². The number of rotatable bonds is 6. The number of aromatic carboxylic acids is 1. The van der Waals surface area contributed by atoms with Gasteiger partial charge in [-0.05, 0) is 42.3 Å². The molecule has 0 spiro atoms. The minimum absolute atomic E-state index is 0.000700. The molecule has 0 bridgehead atoms. The molecule has 0 saturated heterocycles. The summed E-state index contributed by atoms with van der Waals surface area (Å²) in [6.45, 7) is 3.72. The van der Waals surface area contributed by atoms with Gasteiger partial charge in [0.05, 0.1) is 16.6 Å². The Morgan fingerprint density at radius 3 is 2.50 bits per heavy atom. The van der Waals surface area contributed by atoms with E-state index in [0.29, 0.717) is 0 Å². The third-order valence-electron chi connectivity index (χ3n) is 4.17. The van der Waals surface area contributed by atoms with Gasteiger partial charge in [-0.1, -0.05) is 26.0 Å². The third-order valence-corrected chi connectivity index (χ3v) is 4.17. The van der Waals surface area contributed by atoms with Crippen LogP contribution in [-0.4, -0.2) is 27.0 Å². The van der Waals surface area contributed by atoms with Crippen molar-refractivity contribution in [1.29, 1.82) is 0 Å². The van der Waals surface area contributed by atoms with Crippen LogP contribution in [0.5, 0.6) is 0 Å². The molecule has 134 valence electrons. The van der Waals surface area contributed by atoms with Gasteiger partial charge in [-0.2, -0.15) is 0 Å². The largest absolute Gasteiger partial charge is 0.478 e. The number of anilines is 1. The van der Waals surface area contributed by atoms with E-state index in [4.69, 9.17) is 5.11 Å². The molecule has 0 atom stereocenters. The van der Waals surface area contributed by atoms with E-state index in [2.05, 4.69) is 15.3 Å². The van der Waals surface area contributed by atoms with Gasteiger partial charge in [-0.15, -0.1) is 0 Å². The van der Waals surface area contributed by atoms with Gasteiger partial charge in [-0.25, -0.2) is 9.78 Å². The fraction of sp³-hybridized carbons (Fsp3) is 0.250. The van der Waals surface area contributed by atoms with Crippen LogP contribution >= 0.6 is 0 Å². The van der Waals surface area contributed by atoms with Crippen molar-refractivity contribution in [3.8, 4) is 0 Å². The lowest BCUT2D eigenvalue weighted by Gasteiger charge is -2.08. The quantitative estimate of drug-likeness (QED) is 0.632. The number of benzene rings is 2. The van der Waals surface area contributed by atoms with E-state index >= 15 is 0 Å². The van der Waals surface area contributed by atoms with Crippen molar-refractivity contribution in [2.45, 2.75) is 26.7 Å². The lowest BCUT2D eigenvalue weighted by atomic mass is 10.1. The zero-order valence-electron chi connectivity index (χ0n) is 14.7. The molecular weight excluding hydrogens is 330 g/mol. The molecule has 6 heteroatoms. The molecule has 6 nitrogen and oxygen atoms in total. The summed E-state index contributed by atoms with van der Waals surface area (Å²) in [6.07, 6.45) is 1.51. The molecule has 0 aliphatic carbocycles. The van der Waals surface area contributed by atoms with E-state index in [1.807, 2.05) is 38.1 Å². The zero-order chi connectivity index (χ0) is 18.7. The Morgan fingerprint density at radius 1 is 1.12 bits per heavy atom. The SMILES string of the molecule is CC(C)C(=O)Nc1ccc(CCc2nc3ccc(C(=O)O)cc3[nH]2)cc1. The van der Waals surface area contributed by atoms with Gasteiger partial charge in [0.25, 0.3) is 0 Å². The molecule has 0 unspecified atom stereocenters. The van der Waals surface area contributed by atoms with Crippen LogP contribution in [0.4, 0.5) is 5.69 Å². The third kappa shape index (κ3) is 4.08. The van der Waals surface area contributed by atoms with Gasteiger partial charge in [0, 0.05) is 18.0 Å². The van der Waals surface area contributed by atoms with E-state index in [9.17, 15) is 9.59 Å². The molecule has 0 radical (unpaired) electrons. The second kappa shape index (κ2) is 7.39. The zero-order valence-corrected chi connectivity index (χ0v) is 14.7. The van der Waals surface area contributed by atoms with Crippen LogP contribution in [0.2, 0.25) is 0 Å². The number of amides is 1. The second-order valence-corrected chi connectivity index (χ2v) is 6.56. The molecule has 1 heterocycles. The van der Waals surface area contributed by atoms with Crippen molar-refractivity contribution in [3.63, 3.8) is 0 Å². The number of nitrogens with zero attached hydrogens (tertiary/aromatic N) is 1. The van der Waals surface area contributed by atoms with E-state index < -0.39 is 5.97 Å². The number of carboxylic acids is 1. The maximum atomic E-state index is 11.7. The van der Waals surface area contributed by atoms with Crippen LogP contribution in [0.1, 0.15) is 35.6 Å². The number of nitrogens with one attached hydrogen (secondary N) is 2. The molecule has 0 aliphatic rings. The summed E-state index contributed by atoms with van der Waals surface area (Å²) in [6, 6.07) is 12.6. The van der Waals surface area contributed by atoms with Crippen molar-refractivity contribution in [3.05, 3.63) is 59.4 Å². The molecule has 3 N–H and O–H groups in total. The van der Waals surface area contributed by atoms with Crippen molar-refractivity contribution in [2.75, 3.05) is 5.32 Å². The van der Waals surface area contributed by atoms with Gasteiger partial charge >= 0.3 is 5.97 Å². The summed E-state index contributed by atoms with van der Waals surface area (Å²) < 4.78 is 0. The predicted octanol–water partition coefficient (Wildman–Crippen LogP) is 3.64. The summed E-state index contributed by atoms with van der Waals surface area (Å²) in [5.41, 5.74) is 3.66. The van der Waals surface area contributed by atoms with Crippen LogP contribution in [0.25, 0.3) is 11.0 Å². The fourth-order valence-electron chi connectivity index (χ4n) is 2.62. The molecule has 0 aliphatic heterocycles. The van der Waals surface area contributed by atoms with Crippen LogP contribution in [-0.2, 0) is 17.6 Å². The maximum Gasteiger partial charge on any atom is 0.335 e. The number of hydrogen-bond donors (Lipinski definition) is 3. The standard InChI is InChI=1S/C20H21N3O3/c1-12(2)19(24)21-15-7-3-13(4-8-15)5-10-18-22-16-9-6-14(20(25)26)11-17(16)23-18/h3-4,6-9,11-12H,5,10H2,1-2H3,(H,21,24)(H,22,23)(H,25,26). The highest BCUT2D eigenvalue weighted by Crippen LogP contribution is 2.16. The number of fused-ring (bicyclic) bond motifs is 1. The Bertz CT molecular complexity index is 943. The molecule has 26 heavy (non-hydrogen) atoms. The fourth-order valence-corrected chi connectivity index (χ4v) is 2.62. The van der Waals surface area contributed by atoms with Gasteiger partial charge < -0.3 is 15.4 Å². The summed E-state index contributed by atoms with van der Waals surface area (Å²) in [5, 5.41) is 11.9. The Hall–Kier alpha value is -3.15. The molecule has 1 aromatic heterocycles. The van der Waals surface area contributed by atoms with Crippen molar-refractivity contribution in [2.24, 2.45) is 5.92 Å². The highest BCUT2D eigenvalue weighted by atomic mass is 16.4. The first-order valence-electron chi connectivity index (χ1n) is 8.54. The van der Waals surface area contributed by atoms with Crippen molar-refractivity contribution >= 4 is 28.6 Å². The average Bonchev–Trinajstić information content (AvgIpc) is 3.03. The molecule has 0 fully saturated rings. The normalized spacial score (nSPS) is 11.0. The van der Waals surface area contributed by atoms with E-state index in [-0.39, 0.29) is 17.4 Å². The molecule has 2 aromatic carbocycles. The summed E-state index contributed by atoms with van der Waals surface area (Å²) >= 11 is 0. The Balaban J connectivity index is 1.64. The van der Waals surface area contributed by atoms with Gasteiger partial charge in [0.15, 0.2) is 0 Å². The number of hydrogen-bond acceptors (Lipinski definition) is 3. The molecule has 0 saturated carbocycles. The summed E-state index contributed by atoms with van der Waals surface area (Å²) in [4.78, 5) is 30.4. The number of aromatic nitrogens is 2. The molecule has 3 aromatic rings. The Morgan fingerprint density at radius 2 is 1.85 bits per heavy atom. The molecule has 3 rings (SSSR count).